The quantitative estimate of drug-likeness (QED) is 0.625. The van der Waals surface area contributed by atoms with E-state index in [1.807, 2.05) is 7.05 Å². The first kappa shape index (κ1) is 11.3. The fourth-order valence-electron chi connectivity index (χ4n) is 1.28. The van der Waals surface area contributed by atoms with Crippen LogP contribution in [0.25, 0.3) is 0 Å². The van der Waals surface area contributed by atoms with E-state index in [2.05, 4.69) is 5.32 Å². The Kier molecular flexibility index (Phi) is 4.73. The Morgan fingerprint density at radius 2 is 2.14 bits per heavy atom. The molecule has 2 amide bonds. The summed E-state index contributed by atoms with van der Waals surface area (Å²) in [5.74, 6) is 0. The molecule has 4 nitrogen and oxygen atoms in total. The van der Waals surface area contributed by atoms with Gasteiger partial charge in [-0.05, 0) is 32.2 Å². The predicted molar refractivity (Wildman–Crippen MR) is 57.1 cm³/mol. The Morgan fingerprint density at radius 3 is 2.71 bits per heavy atom. The highest BCUT2D eigenvalue weighted by Gasteiger charge is 2.24. The van der Waals surface area contributed by atoms with Gasteiger partial charge < -0.3 is 16.0 Å². The molecule has 1 fully saturated rings. The summed E-state index contributed by atoms with van der Waals surface area (Å²) in [4.78, 5) is 13.2. The highest BCUT2D eigenvalue weighted by Crippen LogP contribution is 2.18. The minimum absolute atomic E-state index is 0.0697. The van der Waals surface area contributed by atoms with E-state index in [4.69, 9.17) is 5.73 Å². The first-order valence-electron chi connectivity index (χ1n) is 5.45. The molecule has 0 aromatic carbocycles. The van der Waals surface area contributed by atoms with Gasteiger partial charge in [-0.15, -0.1) is 0 Å². The molecule has 0 aromatic heterocycles. The van der Waals surface area contributed by atoms with Gasteiger partial charge in [0.05, 0.1) is 0 Å². The van der Waals surface area contributed by atoms with Gasteiger partial charge in [-0.25, -0.2) is 4.79 Å². The largest absolute Gasteiger partial charge is 0.335 e. The molecular weight excluding hydrogens is 178 g/mol. The summed E-state index contributed by atoms with van der Waals surface area (Å²) in [5, 5.41) is 2.96. The average molecular weight is 199 g/mol. The standard InChI is InChI=1S/C10H21N3O/c1-13(8-4-2-3-7-11)10(14)12-9-5-6-9/h9H,2-8,11H2,1H3,(H,12,14). The van der Waals surface area contributed by atoms with E-state index in [0.717, 1.165) is 45.2 Å². The Bertz CT molecular complexity index is 180. The summed E-state index contributed by atoms with van der Waals surface area (Å²) in [6, 6.07) is 0.522. The molecule has 0 saturated heterocycles. The summed E-state index contributed by atoms with van der Waals surface area (Å²) in [7, 11) is 1.85. The Labute approximate surface area is 85.8 Å². The van der Waals surface area contributed by atoms with Gasteiger partial charge in [-0.2, -0.15) is 0 Å². The molecule has 82 valence electrons. The number of amides is 2. The molecule has 0 bridgehead atoms. The molecule has 0 unspecified atom stereocenters. The molecule has 0 aliphatic heterocycles. The second kappa shape index (κ2) is 5.86. The lowest BCUT2D eigenvalue weighted by molar-refractivity contribution is 0.207. The molecule has 1 aliphatic rings. The minimum Gasteiger partial charge on any atom is -0.335 e. The molecule has 4 heteroatoms. The second-order valence-corrected chi connectivity index (χ2v) is 3.99. The number of nitrogens with zero attached hydrogens (tertiary/aromatic N) is 1. The Morgan fingerprint density at radius 1 is 1.43 bits per heavy atom. The molecule has 1 rings (SSSR count). The third-order valence-electron chi connectivity index (χ3n) is 2.45. The van der Waals surface area contributed by atoms with Crippen molar-refractivity contribution in [3.05, 3.63) is 0 Å². The number of rotatable bonds is 6. The van der Waals surface area contributed by atoms with Gasteiger partial charge >= 0.3 is 6.03 Å². The smallest absolute Gasteiger partial charge is 0.317 e. The number of carbonyl (C=O) groups excluding carboxylic acids is 1. The number of carbonyl (C=O) groups is 1. The molecule has 3 N–H and O–H groups in total. The third kappa shape index (κ3) is 4.46. The lowest BCUT2D eigenvalue weighted by Gasteiger charge is -2.17. The van der Waals surface area contributed by atoms with Crippen LogP contribution in [0.4, 0.5) is 4.79 Å². The van der Waals surface area contributed by atoms with Crippen LogP contribution in [0.2, 0.25) is 0 Å². The number of urea groups is 1. The fraction of sp³-hybridized carbons (Fsp3) is 0.900. The van der Waals surface area contributed by atoms with Crippen LogP contribution in [0.3, 0.4) is 0 Å². The predicted octanol–water partition coefficient (Wildman–Crippen LogP) is 0.919. The highest BCUT2D eigenvalue weighted by molar-refractivity contribution is 5.74. The zero-order chi connectivity index (χ0) is 10.4. The summed E-state index contributed by atoms with van der Waals surface area (Å²) in [6.45, 7) is 1.58. The third-order valence-corrected chi connectivity index (χ3v) is 2.45. The fourth-order valence-corrected chi connectivity index (χ4v) is 1.28. The molecule has 0 atom stereocenters. The molecule has 0 aromatic rings. The van der Waals surface area contributed by atoms with Crippen molar-refractivity contribution in [3.8, 4) is 0 Å². The van der Waals surface area contributed by atoms with Crippen molar-refractivity contribution in [1.82, 2.24) is 10.2 Å². The number of nitrogens with one attached hydrogen (secondary N) is 1. The Hall–Kier alpha value is -0.770. The van der Waals surface area contributed by atoms with Crippen LogP contribution in [0, 0.1) is 0 Å². The maximum Gasteiger partial charge on any atom is 0.317 e. The van der Waals surface area contributed by atoms with Crippen molar-refractivity contribution >= 4 is 6.03 Å². The number of unbranched alkanes of at least 4 members (excludes halogenated alkanes) is 2. The van der Waals surface area contributed by atoms with Crippen molar-refractivity contribution < 1.29 is 4.79 Å². The number of hydrogen-bond donors (Lipinski definition) is 2. The molecule has 1 aliphatic carbocycles. The lowest BCUT2D eigenvalue weighted by atomic mass is 10.2. The van der Waals surface area contributed by atoms with E-state index in [9.17, 15) is 4.79 Å². The van der Waals surface area contributed by atoms with E-state index in [0.29, 0.717) is 6.04 Å². The molecular formula is C10H21N3O. The van der Waals surface area contributed by atoms with Crippen LogP contribution in [0.5, 0.6) is 0 Å². The maximum absolute atomic E-state index is 11.4. The second-order valence-electron chi connectivity index (χ2n) is 3.99. The van der Waals surface area contributed by atoms with Gasteiger partial charge in [-0.3, -0.25) is 0 Å². The van der Waals surface area contributed by atoms with Crippen molar-refractivity contribution in [2.45, 2.75) is 38.1 Å². The number of hydrogen-bond acceptors (Lipinski definition) is 2. The lowest BCUT2D eigenvalue weighted by Crippen LogP contribution is -2.38. The monoisotopic (exact) mass is 199 g/mol. The van der Waals surface area contributed by atoms with Gasteiger partial charge in [0.15, 0.2) is 0 Å². The molecule has 0 heterocycles. The summed E-state index contributed by atoms with van der Waals surface area (Å²) < 4.78 is 0. The first-order chi connectivity index (χ1) is 6.74. The zero-order valence-electron chi connectivity index (χ0n) is 8.96. The number of nitrogens with two attached hydrogens (primary N) is 1. The van der Waals surface area contributed by atoms with Crippen molar-refractivity contribution in [2.24, 2.45) is 5.73 Å². The van der Waals surface area contributed by atoms with Crippen LogP contribution in [-0.2, 0) is 0 Å². The SMILES string of the molecule is CN(CCCCCN)C(=O)NC1CC1. The van der Waals surface area contributed by atoms with Gasteiger partial charge in [0, 0.05) is 19.6 Å². The van der Waals surface area contributed by atoms with Crippen molar-refractivity contribution in [1.29, 1.82) is 0 Å². The Balaban J connectivity index is 2.00. The highest BCUT2D eigenvalue weighted by atomic mass is 16.2. The molecule has 1 saturated carbocycles. The van der Waals surface area contributed by atoms with E-state index >= 15 is 0 Å². The zero-order valence-corrected chi connectivity index (χ0v) is 8.96. The van der Waals surface area contributed by atoms with E-state index in [1.165, 1.54) is 0 Å². The molecule has 0 radical (unpaired) electrons. The van der Waals surface area contributed by atoms with Crippen LogP contribution >= 0.6 is 0 Å². The van der Waals surface area contributed by atoms with E-state index in [-0.39, 0.29) is 6.03 Å². The molecule has 0 spiro atoms. The van der Waals surface area contributed by atoms with Crippen molar-refractivity contribution in [2.75, 3.05) is 20.1 Å². The summed E-state index contributed by atoms with van der Waals surface area (Å²) in [5.41, 5.74) is 5.39. The van der Waals surface area contributed by atoms with Crippen molar-refractivity contribution in [3.63, 3.8) is 0 Å². The average Bonchev–Trinajstić information content (AvgIpc) is 2.96. The van der Waals surface area contributed by atoms with Crippen LogP contribution in [-0.4, -0.2) is 37.1 Å². The van der Waals surface area contributed by atoms with E-state index in [1.54, 1.807) is 4.90 Å². The molecule has 14 heavy (non-hydrogen) atoms. The van der Waals surface area contributed by atoms with Gasteiger partial charge in [-0.1, -0.05) is 6.42 Å². The maximum atomic E-state index is 11.4. The summed E-state index contributed by atoms with van der Waals surface area (Å²) in [6.07, 6.45) is 5.50. The first-order valence-corrected chi connectivity index (χ1v) is 5.45. The summed E-state index contributed by atoms with van der Waals surface area (Å²) >= 11 is 0. The normalized spacial score (nSPS) is 15.3. The van der Waals surface area contributed by atoms with Crippen LogP contribution in [0.1, 0.15) is 32.1 Å². The van der Waals surface area contributed by atoms with E-state index < -0.39 is 0 Å². The van der Waals surface area contributed by atoms with Gasteiger partial charge in [0.1, 0.15) is 0 Å². The minimum atomic E-state index is 0.0697. The van der Waals surface area contributed by atoms with Crippen LogP contribution < -0.4 is 11.1 Å². The van der Waals surface area contributed by atoms with Gasteiger partial charge in [0.2, 0.25) is 0 Å². The van der Waals surface area contributed by atoms with Gasteiger partial charge in [0.25, 0.3) is 0 Å². The topological polar surface area (TPSA) is 58.4 Å². The van der Waals surface area contributed by atoms with Crippen LogP contribution in [0.15, 0.2) is 0 Å².